The van der Waals surface area contributed by atoms with E-state index >= 15 is 0 Å². The molecule has 0 spiro atoms. The van der Waals surface area contributed by atoms with E-state index < -0.39 is 23.8 Å². The van der Waals surface area contributed by atoms with E-state index in [0.29, 0.717) is 29.9 Å². The van der Waals surface area contributed by atoms with Crippen LogP contribution in [0.25, 0.3) is 0 Å². The van der Waals surface area contributed by atoms with Crippen molar-refractivity contribution in [2.75, 3.05) is 19.7 Å². The summed E-state index contributed by atoms with van der Waals surface area (Å²) in [4.78, 5) is 38.3. The largest absolute Gasteiger partial charge is 0.493 e. The third kappa shape index (κ3) is 3.98. The maximum absolute atomic E-state index is 12.7. The van der Waals surface area contributed by atoms with Crippen molar-refractivity contribution in [3.8, 4) is 5.75 Å². The number of hydrogen-bond donors (Lipinski definition) is 2. The number of nitrogens with zero attached hydrogens (tertiary/aromatic N) is 1. The molecule has 1 unspecified atom stereocenters. The van der Waals surface area contributed by atoms with Gasteiger partial charge in [-0.2, -0.15) is 0 Å². The fraction of sp³-hybridized carbons (Fsp3) is 0.286. The highest BCUT2D eigenvalue weighted by atomic mass is 16.5. The first-order valence-corrected chi connectivity index (χ1v) is 9.13. The van der Waals surface area contributed by atoms with Crippen molar-refractivity contribution in [1.29, 1.82) is 0 Å². The Labute approximate surface area is 162 Å². The second-order valence-corrected chi connectivity index (χ2v) is 6.39. The van der Waals surface area contributed by atoms with E-state index in [9.17, 15) is 19.5 Å². The van der Waals surface area contributed by atoms with Crippen molar-refractivity contribution < 1.29 is 24.2 Å². The molecular formula is C21H22N2O5. The summed E-state index contributed by atoms with van der Waals surface area (Å²) in [6.45, 7) is 2.23. The number of rotatable bonds is 6. The molecule has 2 N–H and O–H groups in total. The minimum absolute atomic E-state index is 0.286. The predicted molar refractivity (Wildman–Crippen MR) is 102 cm³/mol. The Morgan fingerprint density at radius 2 is 1.86 bits per heavy atom. The molecule has 2 amide bonds. The van der Waals surface area contributed by atoms with Gasteiger partial charge in [0.1, 0.15) is 5.75 Å². The predicted octanol–water partition coefficient (Wildman–Crippen LogP) is 2.03. The van der Waals surface area contributed by atoms with Crippen LogP contribution in [-0.2, 0) is 16.0 Å². The third-order valence-electron chi connectivity index (χ3n) is 4.67. The monoisotopic (exact) mass is 382 g/mol. The summed E-state index contributed by atoms with van der Waals surface area (Å²) in [5.74, 6) is -1.54. The minimum atomic E-state index is -1.09. The van der Waals surface area contributed by atoms with Gasteiger partial charge in [-0.25, -0.2) is 4.79 Å². The summed E-state index contributed by atoms with van der Waals surface area (Å²) in [5.41, 5.74) is 1.87. The molecule has 1 heterocycles. The Hall–Kier alpha value is -3.35. The molecule has 1 aliphatic rings. The van der Waals surface area contributed by atoms with Crippen molar-refractivity contribution >= 4 is 17.8 Å². The number of carbonyl (C=O) groups is 3. The van der Waals surface area contributed by atoms with Gasteiger partial charge in [-0.1, -0.05) is 36.4 Å². The quantitative estimate of drug-likeness (QED) is 0.797. The first kappa shape index (κ1) is 19.4. The molecule has 0 saturated heterocycles. The Kier molecular flexibility index (Phi) is 5.93. The van der Waals surface area contributed by atoms with Crippen LogP contribution in [0.4, 0.5) is 0 Å². The number of carbonyl (C=O) groups excluding carboxylic acids is 2. The zero-order valence-electron chi connectivity index (χ0n) is 15.6. The molecule has 1 atom stereocenters. The van der Waals surface area contributed by atoms with Crippen molar-refractivity contribution in [3.63, 3.8) is 0 Å². The van der Waals surface area contributed by atoms with E-state index in [0.717, 1.165) is 5.56 Å². The van der Waals surface area contributed by atoms with Crippen molar-refractivity contribution in [3.05, 3.63) is 65.2 Å². The highest BCUT2D eigenvalue weighted by Crippen LogP contribution is 2.29. The molecule has 2 aromatic carbocycles. The first-order valence-electron chi connectivity index (χ1n) is 9.13. The number of amides is 2. The van der Waals surface area contributed by atoms with Crippen LogP contribution in [0.1, 0.15) is 34.5 Å². The molecule has 7 heteroatoms. The first-order chi connectivity index (χ1) is 13.5. The van der Waals surface area contributed by atoms with Gasteiger partial charge in [-0.15, -0.1) is 0 Å². The molecule has 1 aliphatic heterocycles. The lowest BCUT2D eigenvalue weighted by Crippen LogP contribution is -2.47. The van der Waals surface area contributed by atoms with Crippen LogP contribution in [0.15, 0.2) is 48.5 Å². The second kappa shape index (κ2) is 8.56. The lowest BCUT2D eigenvalue weighted by atomic mass is 9.92. The summed E-state index contributed by atoms with van der Waals surface area (Å²) in [5, 5.41) is 12.2. The van der Waals surface area contributed by atoms with Crippen molar-refractivity contribution in [2.24, 2.45) is 0 Å². The molecule has 7 nitrogen and oxygen atoms in total. The van der Waals surface area contributed by atoms with Crippen LogP contribution in [-0.4, -0.2) is 47.5 Å². The normalized spacial score (nSPS) is 15.5. The zero-order valence-corrected chi connectivity index (χ0v) is 15.6. The summed E-state index contributed by atoms with van der Waals surface area (Å²) in [6.07, 6.45) is 0.576. The maximum Gasteiger partial charge on any atom is 0.331 e. The topological polar surface area (TPSA) is 95.9 Å². The number of carboxylic acid groups (broad SMARTS) is 1. The number of benzene rings is 2. The van der Waals surface area contributed by atoms with E-state index in [4.69, 9.17) is 4.74 Å². The van der Waals surface area contributed by atoms with Crippen LogP contribution < -0.4 is 10.1 Å². The van der Waals surface area contributed by atoms with Crippen LogP contribution in [0.5, 0.6) is 5.75 Å². The van der Waals surface area contributed by atoms with Gasteiger partial charge in [0.25, 0.3) is 5.91 Å². The second-order valence-electron chi connectivity index (χ2n) is 6.39. The van der Waals surface area contributed by atoms with Crippen LogP contribution in [0.2, 0.25) is 0 Å². The lowest BCUT2D eigenvalue weighted by molar-refractivity contribution is -0.150. The Balaban J connectivity index is 1.71. The molecule has 0 saturated carbocycles. The standard InChI is InChI=1S/C21H22N2O5/c1-2-28-17-10-6-5-9-16(17)20(25)22-13-18(24)23-12-11-14-7-3-4-8-15(14)19(23)21(26)27/h3-10,19H,2,11-13H2,1H3,(H,22,25)(H,26,27). The van der Waals surface area contributed by atoms with Gasteiger partial charge in [-0.05, 0) is 36.6 Å². The Morgan fingerprint density at radius 1 is 1.14 bits per heavy atom. The summed E-state index contributed by atoms with van der Waals surface area (Å²) in [7, 11) is 0. The molecule has 2 aromatic rings. The number of ether oxygens (including phenoxy) is 1. The minimum Gasteiger partial charge on any atom is -0.493 e. The number of nitrogens with one attached hydrogen (secondary N) is 1. The molecule has 0 fully saturated rings. The fourth-order valence-electron chi connectivity index (χ4n) is 3.39. The summed E-state index contributed by atoms with van der Waals surface area (Å²) >= 11 is 0. The number of carboxylic acids is 1. The number of para-hydroxylation sites is 1. The molecule has 3 rings (SSSR count). The smallest absolute Gasteiger partial charge is 0.331 e. The van der Waals surface area contributed by atoms with E-state index in [-0.39, 0.29) is 13.1 Å². The average Bonchev–Trinajstić information content (AvgIpc) is 2.71. The highest BCUT2D eigenvalue weighted by molar-refractivity contribution is 5.99. The molecular weight excluding hydrogens is 360 g/mol. The summed E-state index contributed by atoms with van der Waals surface area (Å²) in [6, 6.07) is 12.9. The van der Waals surface area contributed by atoms with Crippen LogP contribution >= 0.6 is 0 Å². The number of fused-ring (bicyclic) bond motifs is 1. The van der Waals surface area contributed by atoms with Gasteiger partial charge in [0.05, 0.1) is 18.7 Å². The molecule has 0 bridgehead atoms. The number of aliphatic carboxylic acids is 1. The zero-order chi connectivity index (χ0) is 20.1. The van der Waals surface area contributed by atoms with Gasteiger partial charge in [0.2, 0.25) is 5.91 Å². The molecule has 0 aromatic heterocycles. The van der Waals surface area contributed by atoms with E-state index in [1.165, 1.54) is 4.90 Å². The van der Waals surface area contributed by atoms with E-state index in [1.807, 2.05) is 19.1 Å². The number of hydrogen-bond acceptors (Lipinski definition) is 4. The van der Waals surface area contributed by atoms with Crippen molar-refractivity contribution in [2.45, 2.75) is 19.4 Å². The Bertz CT molecular complexity index is 896. The van der Waals surface area contributed by atoms with Crippen LogP contribution in [0, 0.1) is 0 Å². The lowest BCUT2D eigenvalue weighted by Gasteiger charge is -2.34. The molecule has 0 radical (unpaired) electrons. The van der Waals surface area contributed by atoms with Gasteiger partial charge in [0.15, 0.2) is 6.04 Å². The maximum atomic E-state index is 12.7. The van der Waals surface area contributed by atoms with E-state index in [2.05, 4.69) is 5.32 Å². The fourth-order valence-corrected chi connectivity index (χ4v) is 3.39. The summed E-state index contributed by atoms with van der Waals surface area (Å²) < 4.78 is 5.43. The van der Waals surface area contributed by atoms with Gasteiger partial charge >= 0.3 is 5.97 Å². The molecule has 28 heavy (non-hydrogen) atoms. The molecule has 0 aliphatic carbocycles. The molecule has 146 valence electrons. The van der Waals surface area contributed by atoms with Gasteiger partial charge < -0.3 is 20.1 Å². The highest BCUT2D eigenvalue weighted by Gasteiger charge is 2.35. The average molecular weight is 382 g/mol. The SMILES string of the molecule is CCOc1ccccc1C(=O)NCC(=O)N1CCc2ccccc2C1C(=O)O. The third-order valence-corrected chi connectivity index (χ3v) is 4.67. The van der Waals surface area contributed by atoms with E-state index in [1.54, 1.807) is 36.4 Å². The van der Waals surface area contributed by atoms with Crippen LogP contribution in [0.3, 0.4) is 0 Å². The Morgan fingerprint density at radius 3 is 2.61 bits per heavy atom. The van der Waals surface area contributed by atoms with Gasteiger partial charge in [0, 0.05) is 6.54 Å². The van der Waals surface area contributed by atoms with Crippen molar-refractivity contribution in [1.82, 2.24) is 10.2 Å². The van der Waals surface area contributed by atoms with Gasteiger partial charge in [-0.3, -0.25) is 9.59 Å².